The van der Waals surface area contributed by atoms with Gasteiger partial charge in [-0.1, -0.05) is 51.0 Å². The summed E-state index contributed by atoms with van der Waals surface area (Å²) in [5.74, 6) is -2.33. The molecule has 0 aliphatic carbocycles. The van der Waals surface area contributed by atoms with Crippen molar-refractivity contribution in [2.45, 2.75) is 39.5 Å². The van der Waals surface area contributed by atoms with Gasteiger partial charge < -0.3 is 10.2 Å². The Balaban J connectivity index is 3.02. The van der Waals surface area contributed by atoms with Crippen LogP contribution in [0.25, 0.3) is 10.8 Å². The van der Waals surface area contributed by atoms with Gasteiger partial charge in [0.1, 0.15) is 0 Å². The predicted octanol–water partition coefficient (Wildman–Crippen LogP) is 4.14. The molecular weight excluding hydrogens is 280 g/mol. The highest BCUT2D eigenvalue weighted by Gasteiger charge is 2.26. The standard InChI is InChI=1S/C18H20O4/c1-3-7-13-11-9-5-6-10-12(11)14(8-4-2)16(18(21)22)15(13)17(19)20/h5-6,9-10H,3-4,7-8H2,1-2H3,(H,19,20)(H,21,22). The molecule has 116 valence electrons. The van der Waals surface area contributed by atoms with E-state index in [9.17, 15) is 19.8 Å². The number of carboxylic acid groups (broad SMARTS) is 2. The van der Waals surface area contributed by atoms with Crippen molar-refractivity contribution in [3.8, 4) is 0 Å². The molecule has 2 aromatic carbocycles. The number of hydrogen-bond donors (Lipinski definition) is 2. The molecule has 0 saturated carbocycles. The van der Waals surface area contributed by atoms with Gasteiger partial charge in [-0.15, -0.1) is 0 Å². The van der Waals surface area contributed by atoms with Crippen LogP contribution in [0.5, 0.6) is 0 Å². The second kappa shape index (κ2) is 6.60. The second-order valence-corrected chi connectivity index (χ2v) is 5.36. The largest absolute Gasteiger partial charge is 0.478 e. The van der Waals surface area contributed by atoms with E-state index in [-0.39, 0.29) is 11.1 Å². The fraction of sp³-hybridized carbons (Fsp3) is 0.333. The summed E-state index contributed by atoms with van der Waals surface area (Å²) in [6, 6.07) is 7.50. The number of hydrogen-bond acceptors (Lipinski definition) is 2. The lowest BCUT2D eigenvalue weighted by molar-refractivity contribution is 0.0650. The lowest BCUT2D eigenvalue weighted by Gasteiger charge is -2.18. The van der Waals surface area contributed by atoms with Crippen LogP contribution in [0.3, 0.4) is 0 Å². The van der Waals surface area contributed by atoms with Crippen molar-refractivity contribution in [3.05, 3.63) is 46.5 Å². The van der Waals surface area contributed by atoms with E-state index in [4.69, 9.17) is 0 Å². The number of benzene rings is 2. The van der Waals surface area contributed by atoms with Gasteiger partial charge in [-0.05, 0) is 34.7 Å². The van der Waals surface area contributed by atoms with Crippen LogP contribution in [0.1, 0.15) is 58.5 Å². The fourth-order valence-corrected chi connectivity index (χ4v) is 3.07. The molecule has 22 heavy (non-hydrogen) atoms. The maximum absolute atomic E-state index is 11.8. The first-order chi connectivity index (χ1) is 10.5. The Morgan fingerprint density at radius 2 is 1.18 bits per heavy atom. The van der Waals surface area contributed by atoms with E-state index >= 15 is 0 Å². The second-order valence-electron chi connectivity index (χ2n) is 5.36. The molecule has 0 bridgehead atoms. The topological polar surface area (TPSA) is 74.6 Å². The summed E-state index contributed by atoms with van der Waals surface area (Å²) < 4.78 is 0. The SMILES string of the molecule is CCCc1c(C(=O)O)c(C(=O)O)c(CCC)c2ccccc12. The molecule has 0 aliphatic heterocycles. The predicted molar refractivity (Wildman–Crippen MR) is 85.9 cm³/mol. The van der Waals surface area contributed by atoms with Crippen molar-refractivity contribution in [3.63, 3.8) is 0 Å². The molecular formula is C18H20O4. The number of fused-ring (bicyclic) bond motifs is 1. The molecule has 0 aromatic heterocycles. The van der Waals surface area contributed by atoms with Gasteiger partial charge in [0.15, 0.2) is 0 Å². The van der Waals surface area contributed by atoms with Crippen molar-refractivity contribution in [1.82, 2.24) is 0 Å². The highest BCUT2D eigenvalue weighted by atomic mass is 16.4. The van der Waals surface area contributed by atoms with E-state index in [0.717, 1.165) is 23.6 Å². The lowest BCUT2D eigenvalue weighted by atomic mass is 9.85. The van der Waals surface area contributed by atoms with Gasteiger partial charge in [0.05, 0.1) is 11.1 Å². The third-order valence-corrected chi connectivity index (χ3v) is 3.86. The number of aromatic carboxylic acids is 2. The van der Waals surface area contributed by atoms with Crippen molar-refractivity contribution >= 4 is 22.7 Å². The third-order valence-electron chi connectivity index (χ3n) is 3.86. The molecule has 4 heteroatoms. The average molecular weight is 300 g/mol. The minimum Gasteiger partial charge on any atom is -0.478 e. The van der Waals surface area contributed by atoms with Crippen molar-refractivity contribution in [2.24, 2.45) is 0 Å². The number of carbonyl (C=O) groups is 2. The van der Waals surface area contributed by atoms with Crippen molar-refractivity contribution in [2.75, 3.05) is 0 Å². The summed E-state index contributed by atoms with van der Waals surface area (Å²) >= 11 is 0. The fourth-order valence-electron chi connectivity index (χ4n) is 3.07. The van der Waals surface area contributed by atoms with Crippen LogP contribution in [-0.4, -0.2) is 22.2 Å². The minimum atomic E-state index is -1.16. The number of rotatable bonds is 6. The molecule has 0 atom stereocenters. The van der Waals surface area contributed by atoms with Crippen LogP contribution in [0.15, 0.2) is 24.3 Å². The van der Waals surface area contributed by atoms with E-state index in [2.05, 4.69) is 0 Å². The number of aryl methyl sites for hydroxylation is 2. The zero-order valence-corrected chi connectivity index (χ0v) is 12.8. The molecule has 0 radical (unpaired) electrons. The van der Waals surface area contributed by atoms with Gasteiger partial charge >= 0.3 is 11.9 Å². The zero-order valence-electron chi connectivity index (χ0n) is 12.8. The molecule has 0 saturated heterocycles. The normalized spacial score (nSPS) is 10.8. The van der Waals surface area contributed by atoms with Crippen LogP contribution >= 0.6 is 0 Å². The first-order valence-corrected chi connectivity index (χ1v) is 7.55. The van der Waals surface area contributed by atoms with E-state index in [1.54, 1.807) is 0 Å². The summed E-state index contributed by atoms with van der Waals surface area (Å²) in [6.45, 7) is 3.92. The Labute approximate surface area is 129 Å². The van der Waals surface area contributed by atoms with Gasteiger partial charge in [0, 0.05) is 0 Å². The highest BCUT2D eigenvalue weighted by molar-refractivity contribution is 6.10. The molecule has 0 unspecified atom stereocenters. The number of carboxylic acids is 2. The maximum atomic E-state index is 11.8. The van der Waals surface area contributed by atoms with E-state index < -0.39 is 11.9 Å². The first-order valence-electron chi connectivity index (χ1n) is 7.55. The van der Waals surface area contributed by atoms with Crippen LogP contribution in [-0.2, 0) is 12.8 Å². The summed E-state index contributed by atoms with van der Waals surface area (Å²) in [5.41, 5.74) is 1.17. The van der Waals surface area contributed by atoms with Crippen LogP contribution < -0.4 is 0 Å². The lowest BCUT2D eigenvalue weighted by Crippen LogP contribution is -2.16. The van der Waals surface area contributed by atoms with Gasteiger partial charge in [0.25, 0.3) is 0 Å². The Morgan fingerprint density at radius 3 is 1.45 bits per heavy atom. The Bertz CT molecular complexity index is 669. The van der Waals surface area contributed by atoms with E-state index in [1.807, 2.05) is 38.1 Å². The Morgan fingerprint density at radius 1 is 0.818 bits per heavy atom. The third kappa shape index (κ3) is 2.69. The molecule has 0 spiro atoms. The van der Waals surface area contributed by atoms with Gasteiger partial charge in [0.2, 0.25) is 0 Å². The maximum Gasteiger partial charge on any atom is 0.336 e. The van der Waals surface area contributed by atoms with Crippen molar-refractivity contribution < 1.29 is 19.8 Å². The summed E-state index contributed by atoms with van der Waals surface area (Å²) in [6.07, 6.45) is 2.62. The minimum absolute atomic E-state index is 0.0449. The summed E-state index contributed by atoms with van der Waals surface area (Å²) in [4.78, 5) is 23.5. The molecule has 2 N–H and O–H groups in total. The molecule has 2 aromatic rings. The molecule has 0 amide bonds. The van der Waals surface area contributed by atoms with Crippen molar-refractivity contribution in [1.29, 1.82) is 0 Å². The van der Waals surface area contributed by atoms with Crippen LogP contribution in [0, 0.1) is 0 Å². The Hall–Kier alpha value is -2.36. The van der Waals surface area contributed by atoms with Crippen LogP contribution in [0.2, 0.25) is 0 Å². The summed E-state index contributed by atoms with van der Waals surface area (Å²) in [5, 5.41) is 20.9. The molecule has 2 rings (SSSR count). The smallest absolute Gasteiger partial charge is 0.336 e. The summed E-state index contributed by atoms with van der Waals surface area (Å²) in [7, 11) is 0. The molecule has 0 fully saturated rings. The molecule has 4 nitrogen and oxygen atoms in total. The van der Waals surface area contributed by atoms with E-state index in [0.29, 0.717) is 24.0 Å². The first kappa shape index (κ1) is 16.0. The van der Waals surface area contributed by atoms with Crippen LogP contribution in [0.4, 0.5) is 0 Å². The van der Waals surface area contributed by atoms with Gasteiger partial charge in [-0.2, -0.15) is 0 Å². The average Bonchev–Trinajstić information content (AvgIpc) is 2.48. The molecule has 0 heterocycles. The van der Waals surface area contributed by atoms with Gasteiger partial charge in [-0.25, -0.2) is 9.59 Å². The van der Waals surface area contributed by atoms with E-state index in [1.165, 1.54) is 0 Å². The molecule has 0 aliphatic rings. The monoisotopic (exact) mass is 300 g/mol. The quantitative estimate of drug-likeness (QED) is 0.840. The van der Waals surface area contributed by atoms with Gasteiger partial charge in [-0.3, -0.25) is 0 Å². The highest BCUT2D eigenvalue weighted by Crippen LogP contribution is 2.33. The Kier molecular flexibility index (Phi) is 4.81. The zero-order chi connectivity index (χ0) is 16.3.